The molecule has 0 radical (unpaired) electrons. The number of fused-ring (bicyclic) bond motifs is 1. The number of anilines is 1. The molecular weight excluding hydrogens is 458 g/mol. The molecule has 0 saturated heterocycles. The topological polar surface area (TPSA) is 127 Å². The van der Waals surface area contributed by atoms with Gasteiger partial charge in [0.25, 0.3) is 11.6 Å². The molecular formula is C24H17N3O6S. The number of nitro benzene ring substituents is 1. The van der Waals surface area contributed by atoms with Crippen LogP contribution in [0.15, 0.2) is 70.3 Å². The fraction of sp³-hybridized carbons (Fsp3) is 0.125. The molecule has 0 bridgehead atoms. The highest BCUT2D eigenvalue weighted by Crippen LogP contribution is 2.44. The molecule has 1 unspecified atom stereocenters. The van der Waals surface area contributed by atoms with Gasteiger partial charge < -0.3 is 9.52 Å². The van der Waals surface area contributed by atoms with Crippen LogP contribution in [0.25, 0.3) is 10.2 Å². The molecule has 1 aliphatic heterocycles. The lowest BCUT2D eigenvalue weighted by Gasteiger charge is -2.24. The second-order valence-electron chi connectivity index (χ2n) is 7.90. The highest BCUT2D eigenvalue weighted by Gasteiger charge is 2.46. The van der Waals surface area contributed by atoms with Crippen LogP contribution in [0.1, 0.15) is 33.5 Å². The normalized spacial score (nSPS) is 16.0. The third-order valence-corrected chi connectivity index (χ3v) is 6.59. The zero-order valence-corrected chi connectivity index (χ0v) is 18.8. The number of rotatable bonds is 5. The van der Waals surface area contributed by atoms with E-state index in [9.17, 15) is 24.8 Å². The number of non-ortho nitro benzene ring substituents is 1. The predicted molar refractivity (Wildman–Crippen MR) is 125 cm³/mol. The monoisotopic (exact) mass is 475 g/mol. The van der Waals surface area contributed by atoms with Crippen molar-refractivity contribution in [2.75, 3.05) is 4.90 Å². The maximum Gasteiger partial charge on any atom is 0.296 e. The lowest BCUT2D eigenvalue weighted by molar-refractivity contribution is -0.384. The summed E-state index contributed by atoms with van der Waals surface area (Å²) in [6.07, 6.45) is 0. The number of amides is 1. The average Bonchev–Trinajstić information content (AvgIpc) is 3.49. The van der Waals surface area contributed by atoms with Crippen LogP contribution in [0.3, 0.4) is 0 Å². The van der Waals surface area contributed by atoms with Gasteiger partial charge in [0.15, 0.2) is 16.7 Å². The second-order valence-corrected chi connectivity index (χ2v) is 8.90. The minimum absolute atomic E-state index is 0.0273. The lowest BCUT2D eigenvalue weighted by atomic mass is 9.95. The van der Waals surface area contributed by atoms with E-state index in [1.54, 1.807) is 13.0 Å². The molecule has 170 valence electrons. The first-order valence-corrected chi connectivity index (χ1v) is 11.1. The van der Waals surface area contributed by atoms with Crippen LogP contribution in [0, 0.1) is 24.0 Å². The van der Waals surface area contributed by atoms with Crippen molar-refractivity contribution >= 4 is 44.1 Å². The third kappa shape index (κ3) is 3.44. The van der Waals surface area contributed by atoms with Crippen LogP contribution in [-0.2, 0) is 4.79 Å². The smallest absolute Gasteiger partial charge is 0.296 e. The SMILES string of the molecule is Cc1ccc2nc(N3C(=O)C(O)=C(C(=O)c4ccc(C)o4)C3c3ccc([N+](=O)[O-])cc3)sc2c1. The first-order valence-electron chi connectivity index (χ1n) is 10.2. The van der Waals surface area contributed by atoms with Gasteiger partial charge in [0.2, 0.25) is 5.78 Å². The van der Waals surface area contributed by atoms with Crippen LogP contribution >= 0.6 is 11.3 Å². The van der Waals surface area contributed by atoms with Crippen molar-refractivity contribution in [1.82, 2.24) is 4.98 Å². The first-order chi connectivity index (χ1) is 16.2. The fourth-order valence-electron chi connectivity index (χ4n) is 3.94. The summed E-state index contributed by atoms with van der Waals surface area (Å²) in [6, 6.07) is 13.2. The number of thiazole rings is 1. The molecule has 2 aromatic carbocycles. The average molecular weight is 475 g/mol. The number of aliphatic hydroxyl groups excluding tert-OH is 1. The standard InChI is InChI=1S/C24H17N3O6S/c1-12-3-9-16-18(11-12)34-24(25-16)26-20(14-5-7-15(8-6-14)27(31)32)19(22(29)23(26)30)21(28)17-10-4-13(2)33-17/h3-11,20,29H,1-2H3. The Hall–Kier alpha value is -4.31. The summed E-state index contributed by atoms with van der Waals surface area (Å²) in [5.41, 5.74) is 1.78. The molecule has 1 N–H and O–H groups in total. The minimum atomic E-state index is -1.05. The van der Waals surface area contributed by atoms with E-state index in [1.165, 1.54) is 46.6 Å². The zero-order valence-electron chi connectivity index (χ0n) is 18.0. The van der Waals surface area contributed by atoms with E-state index in [0.717, 1.165) is 10.3 Å². The minimum Gasteiger partial charge on any atom is -0.503 e. The number of nitro groups is 1. The summed E-state index contributed by atoms with van der Waals surface area (Å²) >= 11 is 1.25. The largest absolute Gasteiger partial charge is 0.503 e. The molecule has 1 atom stereocenters. The van der Waals surface area contributed by atoms with Crippen LogP contribution in [0.4, 0.5) is 10.8 Å². The molecule has 2 aromatic heterocycles. The molecule has 3 heterocycles. The van der Waals surface area contributed by atoms with Crippen molar-refractivity contribution in [3.63, 3.8) is 0 Å². The number of benzene rings is 2. The van der Waals surface area contributed by atoms with Gasteiger partial charge in [-0.15, -0.1) is 0 Å². The molecule has 0 spiro atoms. The van der Waals surface area contributed by atoms with Crippen molar-refractivity contribution in [3.05, 3.63) is 98.7 Å². The van der Waals surface area contributed by atoms with Gasteiger partial charge in [0.1, 0.15) is 5.76 Å². The molecule has 34 heavy (non-hydrogen) atoms. The summed E-state index contributed by atoms with van der Waals surface area (Å²) in [5.74, 6) is -1.68. The number of furan rings is 1. The Balaban J connectivity index is 1.67. The summed E-state index contributed by atoms with van der Waals surface area (Å²) in [4.78, 5) is 43.0. The highest BCUT2D eigenvalue weighted by atomic mass is 32.1. The molecule has 1 aliphatic rings. The van der Waals surface area contributed by atoms with Gasteiger partial charge in [0.05, 0.1) is 26.8 Å². The number of hydrogen-bond acceptors (Lipinski definition) is 8. The van der Waals surface area contributed by atoms with E-state index < -0.39 is 28.4 Å². The van der Waals surface area contributed by atoms with Crippen molar-refractivity contribution < 1.29 is 24.0 Å². The molecule has 4 aromatic rings. The molecule has 10 heteroatoms. The summed E-state index contributed by atoms with van der Waals surface area (Å²) in [5, 5.41) is 22.2. The van der Waals surface area contributed by atoms with Gasteiger partial charge >= 0.3 is 0 Å². The zero-order chi connectivity index (χ0) is 24.1. The maximum atomic E-state index is 13.4. The number of carbonyl (C=O) groups is 2. The number of aryl methyl sites for hydroxylation is 2. The Morgan fingerprint density at radius 2 is 1.88 bits per heavy atom. The van der Waals surface area contributed by atoms with E-state index in [1.807, 2.05) is 25.1 Å². The number of ketones is 1. The lowest BCUT2D eigenvalue weighted by Crippen LogP contribution is -2.30. The molecule has 1 amide bonds. The Kier molecular flexibility index (Phi) is 5.02. The van der Waals surface area contributed by atoms with E-state index >= 15 is 0 Å². The quantitative estimate of drug-likeness (QED) is 0.239. The van der Waals surface area contributed by atoms with Gasteiger partial charge in [-0.1, -0.05) is 17.4 Å². The summed E-state index contributed by atoms with van der Waals surface area (Å²) in [6.45, 7) is 3.61. The maximum absolute atomic E-state index is 13.4. The summed E-state index contributed by atoms with van der Waals surface area (Å²) < 4.78 is 6.29. The molecule has 0 aliphatic carbocycles. The van der Waals surface area contributed by atoms with Crippen LogP contribution < -0.4 is 4.90 Å². The Morgan fingerprint density at radius 3 is 2.53 bits per heavy atom. The van der Waals surface area contributed by atoms with Gasteiger partial charge in [-0.25, -0.2) is 4.98 Å². The van der Waals surface area contributed by atoms with E-state index in [2.05, 4.69) is 4.98 Å². The molecule has 0 fully saturated rings. The van der Waals surface area contributed by atoms with E-state index in [0.29, 0.717) is 22.0 Å². The summed E-state index contributed by atoms with van der Waals surface area (Å²) in [7, 11) is 0. The molecule has 5 rings (SSSR count). The van der Waals surface area contributed by atoms with Gasteiger partial charge in [-0.3, -0.25) is 24.6 Å². The Labute approximate surface area is 196 Å². The second kappa shape index (κ2) is 7.92. The van der Waals surface area contributed by atoms with Crippen molar-refractivity contribution in [2.45, 2.75) is 19.9 Å². The van der Waals surface area contributed by atoms with Crippen molar-refractivity contribution in [1.29, 1.82) is 0 Å². The number of aromatic nitrogens is 1. The number of aliphatic hydroxyl groups is 1. The number of Topliss-reactive ketones (excluding diaryl/α,β-unsaturated/α-hetero) is 1. The van der Waals surface area contributed by atoms with Gasteiger partial charge in [0, 0.05) is 12.1 Å². The Morgan fingerprint density at radius 1 is 1.15 bits per heavy atom. The molecule has 9 nitrogen and oxygen atoms in total. The number of hydrogen-bond donors (Lipinski definition) is 1. The van der Waals surface area contributed by atoms with E-state index in [-0.39, 0.29) is 17.0 Å². The molecule has 0 saturated carbocycles. The first kappa shape index (κ1) is 21.5. The number of nitrogens with zero attached hydrogens (tertiary/aromatic N) is 3. The number of carbonyl (C=O) groups excluding carboxylic acids is 2. The third-order valence-electron chi connectivity index (χ3n) is 5.58. The van der Waals surface area contributed by atoms with Crippen LogP contribution in [0.2, 0.25) is 0 Å². The van der Waals surface area contributed by atoms with Crippen LogP contribution in [0.5, 0.6) is 0 Å². The van der Waals surface area contributed by atoms with Gasteiger partial charge in [-0.05, 0) is 61.4 Å². The van der Waals surface area contributed by atoms with Crippen molar-refractivity contribution in [3.8, 4) is 0 Å². The van der Waals surface area contributed by atoms with E-state index in [4.69, 9.17) is 4.42 Å². The predicted octanol–water partition coefficient (Wildman–Crippen LogP) is 5.20. The highest BCUT2D eigenvalue weighted by molar-refractivity contribution is 7.22. The Bertz CT molecular complexity index is 1520. The van der Waals surface area contributed by atoms with Gasteiger partial charge in [-0.2, -0.15) is 0 Å². The van der Waals surface area contributed by atoms with Crippen LogP contribution in [-0.4, -0.2) is 26.7 Å². The van der Waals surface area contributed by atoms with Crippen molar-refractivity contribution in [2.24, 2.45) is 0 Å². The fourth-order valence-corrected chi connectivity index (χ4v) is 5.03.